The fourth-order valence-electron chi connectivity index (χ4n) is 0.703. The first-order chi connectivity index (χ1) is 4.93. The van der Waals surface area contributed by atoms with Gasteiger partial charge in [-0.25, -0.2) is 0 Å². The van der Waals surface area contributed by atoms with Crippen LogP contribution in [0.15, 0.2) is 17.1 Å². The Morgan fingerprint density at radius 2 is 2.50 bits per heavy atom. The molecule has 10 heavy (non-hydrogen) atoms. The Hall–Kier alpha value is -0.410. The number of hydrogen-bond acceptors (Lipinski definition) is 2. The first-order valence-electron chi connectivity index (χ1n) is 3.42. The van der Waals surface area contributed by atoms with Gasteiger partial charge < -0.3 is 4.74 Å². The lowest BCUT2D eigenvalue weighted by atomic mass is 10.6. The fourth-order valence-corrected chi connectivity index (χ4v) is 1.33. The van der Waals surface area contributed by atoms with Crippen LogP contribution in [0.4, 0.5) is 0 Å². The minimum atomic E-state index is 0.810. The Morgan fingerprint density at radius 1 is 1.60 bits per heavy atom. The van der Waals surface area contributed by atoms with Gasteiger partial charge in [0.15, 0.2) is 12.7 Å². The highest BCUT2D eigenvalue weighted by atomic mass is 32.1. The molecule has 1 rings (SSSR count). The number of hydrogen-bond donors (Lipinski definition) is 0. The molecule has 0 atom stereocenters. The van der Waals surface area contributed by atoms with Crippen molar-refractivity contribution >= 4 is 11.3 Å². The average molecular weight is 158 g/mol. The molecule has 1 aromatic heterocycles. The van der Waals surface area contributed by atoms with Crippen LogP contribution in [-0.2, 0) is 11.3 Å². The Kier molecular flexibility index (Phi) is 3.40. The molecule has 0 amide bonds. The lowest BCUT2D eigenvalue weighted by Crippen LogP contribution is -2.32. The fraction of sp³-hybridized carbons (Fsp3) is 0.571. The van der Waals surface area contributed by atoms with Crippen LogP contribution in [0.5, 0.6) is 0 Å². The van der Waals surface area contributed by atoms with E-state index in [4.69, 9.17) is 4.74 Å². The standard InChI is InChI=1S/C7H12NOS/c1-2-9-5-3-8-4-6-10-7-8/h4,6-7H,2-3,5H2,1H3/q+1. The van der Waals surface area contributed by atoms with E-state index in [1.54, 1.807) is 11.3 Å². The summed E-state index contributed by atoms with van der Waals surface area (Å²) in [5.41, 5.74) is 2.08. The van der Waals surface area contributed by atoms with Gasteiger partial charge in [-0.2, -0.15) is 4.57 Å². The third-order valence-corrected chi connectivity index (χ3v) is 1.90. The molecule has 0 aliphatic carbocycles. The topological polar surface area (TPSA) is 13.1 Å². The summed E-state index contributed by atoms with van der Waals surface area (Å²) in [5.74, 6) is 0. The molecule has 1 heterocycles. The molecule has 0 saturated carbocycles. The van der Waals surface area contributed by atoms with E-state index in [9.17, 15) is 0 Å². The molecule has 0 aliphatic heterocycles. The zero-order valence-corrected chi connectivity index (χ0v) is 6.93. The summed E-state index contributed by atoms with van der Waals surface area (Å²) < 4.78 is 7.32. The lowest BCUT2D eigenvalue weighted by molar-refractivity contribution is -0.693. The van der Waals surface area contributed by atoms with Crippen LogP contribution in [0.1, 0.15) is 6.92 Å². The zero-order valence-electron chi connectivity index (χ0n) is 6.12. The molecule has 0 N–H and O–H groups in total. The van der Waals surface area contributed by atoms with E-state index >= 15 is 0 Å². The van der Waals surface area contributed by atoms with E-state index in [-0.39, 0.29) is 0 Å². The molecular weight excluding hydrogens is 146 g/mol. The van der Waals surface area contributed by atoms with Crippen LogP contribution in [0.2, 0.25) is 0 Å². The molecule has 0 spiro atoms. The first-order valence-corrected chi connectivity index (χ1v) is 4.36. The number of ether oxygens (including phenoxy) is 1. The number of thiazole rings is 1. The van der Waals surface area contributed by atoms with Crippen molar-refractivity contribution in [1.29, 1.82) is 0 Å². The van der Waals surface area contributed by atoms with Crippen LogP contribution < -0.4 is 4.57 Å². The van der Waals surface area contributed by atoms with Crippen LogP contribution in [-0.4, -0.2) is 13.2 Å². The highest BCUT2D eigenvalue weighted by Gasteiger charge is 1.96. The monoisotopic (exact) mass is 158 g/mol. The van der Waals surface area contributed by atoms with Gasteiger partial charge in [0.05, 0.1) is 5.38 Å². The van der Waals surface area contributed by atoms with Crippen molar-refractivity contribution in [3.63, 3.8) is 0 Å². The minimum absolute atomic E-state index is 0.810. The zero-order chi connectivity index (χ0) is 7.23. The molecule has 0 aliphatic rings. The molecule has 0 bridgehead atoms. The van der Waals surface area contributed by atoms with Gasteiger partial charge in [-0.1, -0.05) is 11.3 Å². The second kappa shape index (κ2) is 4.41. The van der Waals surface area contributed by atoms with Gasteiger partial charge in [0.2, 0.25) is 5.51 Å². The van der Waals surface area contributed by atoms with Crippen molar-refractivity contribution < 1.29 is 9.30 Å². The number of rotatable bonds is 4. The van der Waals surface area contributed by atoms with Crippen LogP contribution in [0, 0.1) is 0 Å². The van der Waals surface area contributed by atoms with Gasteiger partial charge in [0.25, 0.3) is 0 Å². The van der Waals surface area contributed by atoms with E-state index in [0.29, 0.717) is 0 Å². The minimum Gasteiger partial charge on any atom is -0.375 e. The molecule has 1 aromatic rings. The summed E-state index contributed by atoms with van der Waals surface area (Å²) >= 11 is 1.71. The average Bonchev–Trinajstić information content (AvgIpc) is 2.41. The molecule has 56 valence electrons. The highest BCUT2D eigenvalue weighted by molar-refractivity contribution is 7.07. The SMILES string of the molecule is CCOCC[n+]1ccsc1. The maximum absolute atomic E-state index is 5.19. The summed E-state index contributed by atoms with van der Waals surface area (Å²) in [6, 6.07) is 0. The van der Waals surface area contributed by atoms with Crippen molar-refractivity contribution in [3.05, 3.63) is 17.1 Å². The molecule has 0 radical (unpaired) electrons. The van der Waals surface area contributed by atoms with E-state index in [1.165, 1.54) is 0 Å². The summed E-state index contributed by atoms with van der Waals surface area (Å²) in [5, 5.41) is 2.06. The Labute approximate surface area is 65.1 Å². The predicted octanol–water partition coefficient (Wildman–Crippen LogP) is 1.07. The highest BCUT2D eigenvalue weighted by Crippen LogP contribution is 1.87. The molecule has 0 saturated heterocycles. The molecule has 3 heteroatoms. The van der Waals surface area contributed by atoms with Crippen LogP contribution >= 0.6 is 11.3 Å². The van der Waals surface area contributed by atoms with E-state index in [0.717, 1.165) is 19.8 Å². The lowest BCUT2D eigenvalue weighted by Gasteiger charge is -1.93. The van der Waals surface area contributed by atoms with E-state index < -0.39 is 0 Å². The van der Waals surface area contributed by atoms with Gasteiger partial charge in [-0.15, -0.1) is 0 Å². The third kappa shape index (κ3) is 2.45. The van der Waals surface area contributed by atoms with Crippen molar-refractivity contribution in [3.8, 4) is 0 Å². The number of aromatic nitrogens is 1. The second-order valence-corrected chi connectivity index (χ2v) is 2.72. The van der Waals surface area contributed by atoms with Gasteiger partial charge in [-0.3, -0.25) is 0 Å². The Bertz CT molecular complexity index is 162. The largest absolute Gasteiger partial charge is 0.375 e. The Balaban J connectivity index is 2.15. The van der Waals surface area contributed by atoms with Crippen molar-refractivity contribution in [1.82, 2.24) is 0 Å². The van der Waals surface area contributed by atoms with Gasteiger partial charge >= 0.3 is 0 Å². The molecule has 2 nitrogen and oxygen atoms in total. The predicted molar refractivity (Wildman–Crippen MR) is 41.0 cm³/mol. The van der Waals surface area contributed by atoms with Crippen molar-refractivity contribution in [2.75, 3.05) is 13.2 Å². The van der Waals surface area contributed by atoms with Crippen molar-refractivity contribution in [2.45, 2.75) is 13.5 Å². The normalized spacial score (nSPS) is 10.1. The third-order valence-electron chi connectivity index (χ3n) is 1.23. The molecule has 0 aromatic carbocycles. The maximum Gasteiger partial charge on any atom is 0.224 e. The summed E-state index contributed by atoms with van der Waals surface area (Å²) in [7, 11) is 0. The smallest absolute Gasteiger partial charge is 0.224 e. The second-order valence-electron chi connectivity index (χ2n) is 1.96. The quantitative estimate of drug-likeness (QED) is 0.472. The molecule has 0 unspecified atom stereocenters. The first kappa shape index (κ1) is 7.69. The summed E-state index contributed by atoms with van der Waals surface area (Å²) in [6.45, 7) is 4.61. The number of nitrogens with zero attached hydrogens (tertiary/aromatic N) is 1. The summed E-state index contributed by atoms with van der Waals surface area (Å²) in [6.07, 6.45) is 2.06. The maximum atomic E-state index is 5.19. The van der Waals surface area contributed by atoms with E-state index in [2.05, 4.69) is 21.7 Å². The van der Waals surface area contributed by atoms with Gasteiger partial charge in [-0.05, 0) is 6.92 Å². The van der Waals surface area contributed by atoms with Gasteiger partial charge in [0.1, 0.15) is 6.61 Å². The van der Waals surface area contributed by atoms with Crippen LogP contribution in [0.3, 0.4) is 0 Å². The van der Waals surface area contributed by atoms with E-state index in [1.807, 2.05) is 6.92 Å². The Morgan fingerprint density at radius 3 is 3.10 bits per heavy atom. The van der Waals surface area contributed by atoms with Gasteiger partial charge in [0, 0.05) is 6.61 Å². The molecular formula is C7H12NOS+. The summed E-state index contributed by atoms with van der Waals surface area (Å²) in [4.78, 5) is 0. The molecule has 0 fully saturated rings. The van der Waals surface area contributed by atoms with Crippen LogP contribution in [0.25, 0.3) is 0 Å². The van der Waals surface area contributed by atoms with Crippen molar-refractivity contribution in [2.24, 2.45) is 0 Å².